The lowest BCUT2D eigenvalue weighted by Crippen LogP contribution is -2.17. The van der Waals surface area contributed by atoms with Crippen molar-refractivity contribution in [1.82, 2.24) is 0 Å². The molecule has 0 unspecified atom stereocenters. The maximum Gasteiger partial charge on any atom is 0.0628 e. The molecular weight excluding hydrogens is 140 g/mol. The summed E-state index contributed by atoms with van der Waals surface area (Å²) in [5.41, 5.74) is 0. The van der Waals surface area contributed by atoms with Gasteiger partial charge in [-0.3, -0.25) is 0 Å². The normalized spacial score (nSPS) is 17.1. The van der Waals surface area contributed by atoms with Crippen molar-refractivity contribution < 1.29 is 9.84 Å². The van der Waals surface area contributed by atoms with E-state index in [0.717, 1.165) is 6.42 Å². The molecule has 0 spiro atoms. The van der Waals surface area contributed by atoms with E-state index in [4.69, 9.17) is 9.84 Å². The monoisotopic (exact) mass is 158 g/mol. The second-order valence-electron chi connectivity index (χ2n) is 2.65. The lowest BCUT2D eigenvalue weighted by atomic mass is 10.0. The van der Waals surface area contributed by atoms with E-state index in [-0.39, 0.29) is 12.7 Å². The van der Waals surface area contributed by atoms with Gasteiger partial charge >= 0.3 is 0 Å². The van der Waals surface area contributed by atoms with Crippen LogP contribution in [-0.4, -0.2) is 24.9 Å². The van der Waals surface area contributed by atoms with Crippen LogP contribution >= 0.6 is 0 Å². The molecule has 66 valence electrons. The van der Waals surface area contributed by atoms with Crippen LogP contribution in [0.5, 0.6) is 0 Å². The van der Waals surface area contributed by atoms with E-state index in [2.05, 4.69) is 13.8 Å². The molecule has 0 rings (SSSR count). The van der Waals surface area contributed by atoms with Crippen molar-refractivity contribution in [2.24, 2.45) is 5.92 Å². The van der Waals surface area contributed by atoms with Crippen molar-refractivity contribution in [3.05, 3.63) is 12.2 Å². The summed E-state index contributed by atoms with van der Waals surface area (Å²) < 4.78 is 5.23. The number of rotatable bonds is 5. The molecule has 0 aromatic heterocycles. The molecule has 11 heavy (non-hydrogen) atoms. The molecule has 0 heterocycles. The number of hydrogen-bond donors (Lipinski definition) is 1. The van der Waals surface area contributed by atoms with Crippen LogP contribution in [0.1, 0.15) is 20.3 Å². The van der Waals surface area contributed by atoms with Gasteiger partial charge in [0, 0.05) is 13.0 Å². The first-order valence-corrected chi connectivity index (χ1v) is 4.06. The number of ether oxygens (including phenoxy) is 1. The molecule has 0 aromatic carbocycles. The maximum absolute atomic E-state index is 8.51. The quantitative estimate of drug-likeness (QED) is 0.616. The molecule has 2 atom stereocenters. The summed E-state index contributed by atoms with van der Waals surface area (Å²) in [4.78, 5) is 0. The summed E-state index contributed by atoms with van der Waals surface area (Å²) in [7, 11) is 1.72. The largest absolute Gasteiger partial charge is 0.392 e. The first-order chi connectivity index (χ1) is 5.26. The highest BCUT2D eigenvalue weighted by Gasteiger charge is 2.10. The smallest absolute Gasteiger partial charge is 0.0628 e. The van der Waals surface area contributed by atoms with E-state index in [0.29, 0.717) is 5.92 Å². The minimum atomic E-state index is 0.116. The van der Waals surface area contributed by atoms with Gasteiger partial charge in [0.2, 0.25) is 0 Å². The van der Waals surface area contributed by atoms with Gasteiger partial charge in [-0.2, -0.15) is 0 Å². The fourth-order valence-corrected chi connectivity index (χ4v) is 1.15. The van der Waals surface area contributed by atoms with Crippen LogP contribution in [0.4, 0.5) is 0 Å². The Labute approximate surface area is 68.9 Å². The lowest BCUT2D eigenvalue weighted by molar-refractivity contribution is 0.0712. The third-order valence-electron chi connectivity index (χ3n) is 1.84. The Morgan fingerprint density at radius 3 is 2.55 bits per heavy atom. The molecule has 0 radical (unpaired) electrons. The van der Waals surface area contributed by atoms with Crippen LogP contribution in [0.3, 0.4) is 0 Å². The minimum Gasteiger partial charge on any atom is -0.392 e. The van der Waals surface area contributed by atoms with E-state index in [1.165, 1.54) is 0 Å². The standard InChI is InChI=1S/C9H18O2/c1-4-9(11-3)8(2)6-5-7-10/h5-6,8-10H,4,7H2,1-3H3/b6-5+/t8-,9-/m1/s1. The molecule has 2 heteroatoms. The fourth-order valence-electron chi connectivity index (χ4n) is 1.15. The summed E-state index contributed by atoms with van der Waals surface area (Å²) >= 11 is 0. The zero-order chi connectivity index (χ0) is 8.69. The Kier molecular flexibility index (Phi) is 6.18. The predicted molar refractivity (Wildman–Crippen MR) is 46.5 cm³/mol. The van der Waals surface area contributed by atoms with E-state index in [1.54, 1.807) is 13.2 Å². The highest BCUT2D eigenvalue weighted by molar-refractivity contribution is 4.89. The van der Waals surface area contributed by atoms with Gasteiger partial charge in [0.05, 0.1) is 12.7 Å². The molecule has 0 saturated carbocycles. The predicted octanol–water partition coefficient (Wildman–Crippen LogP) is 1.60. The number of aliphatic hydroxyl groups is 1. The average molecular weight is 158 g/mol. The first-order valence-electron chi connectivity index (χ1n) is 4.06. The van der Waals surface area contributed by atoms with Crippen LogP contribution in [0.2, 0.25) is 0 Å². The van der Waals surface area contributed by atoms with Crippen molar-refractivity contribution in [1.29, 1.82) is 0 Å². The zero-order valence-electron chi connectivity index (χ0n) is 7.58. The number of aliphatic hydroxyl groups excluding tert-OH is 1. The van der Waals surface area contributed by atoms with Crippen molar-refractivity contribution in [3.63, 3.8) is 0 Å². The van der Waals surface area contributed by atoms with Crippen molar-refractivity contribution in [3.8, 4) is 0 Å². The molecule has 0 bridgehead atoms. The fraction of sp³-hybridized carbons (Fsp3) is 0.778. The average Bonchev–Trinajstić information content (AvgIpc) is 2.03. The van der Waals surface area contributed by atoms with Crippen molar-refractivity contribution >= 4 is 0 Å². The Morgan fingerprint density at radius 1 is 1.55 bits per heavy atom. The third-order valence-corrected chi connectivity index (χ3v) is 1.84. The van der Waals surface area contributed by atoms with Gasteiger partial charge < -0.3 is 9.84 Å². The van der Waals surface area contributed by atoms with Gasteiger partial charge in [0.1, 0.15) is 0 Å². The van der Waals surface area contributed by atoms with Crippen LogP contribution in [0.25, 0.3) is 0 Å². The molecule has 1 N–H and O–H groups in total. The molecule has 2 nitrogen and oxygen atoms in total. The lowest BCUT2D eigenvalue weighted by Gasteiger charge is -2.17. The number of methoxy groups -OCH3 is 1. The first kappa shape index (κ1) is 10.7. The highest BCUT2D eigenvalue weighted by atomic mass is 16.5. The van der Waals surface area contributed by atoms with Crippen LogP contribution in [0.15, 0.2) is 12.2 Å². The van der Waals surface area contributed by atoms with Crippen LogP contribution in [-0.2, 0) is 4.74 Å². The second kappa shape index (κ2) is 6.38. The summed E-state index contributed by atoms with van der Waals surface area (Å²) in [6.45, 7) is 4.30. The molecule has 0 aliphatic heterocycles. The number of hydrogen-bond acceptors (Lipinski definition) is 2. The summed E-state index contributed by atoms with van der Waals surface area (Å²) in [5.74, 6) is 0.386. The van der Waals surface area contributed by atoms with E-state index in [9.17, 15) is 0 Å². The maximum atomic E-state index is 8.51. The Balaban J connectivity index is 3.77. The van der Waals surface area contributed by atoms with E-state index < -0.39 is 0 Å². The minimum absolute atomic E-state index is 0.116. The SMILES string of the molecule is CC[C@@H](OC)[C@H](C)/C=C/CO. The molecule has 0 saturated heterocycles. The molecule has 0 aliphatic rings. The third kappa shape index (κ3) is 4.17. The molecular formula is C9H18O2. The van der Waals surface area contributed by atoms with Gasteiger partial charge in [-0.1, -0.05) is 26.0 Å². The van der Waals surface area contributed by atoms with E-state index >= 15 is 0 Å². The van der Waals surface area contributed by atoms with Gasteiger partial charge in [-0.05, 0) is 6.42 Å². The van der Waals surface area contributed by atoms with Gasteiger partial charge in [0.25, 0.3) is 0 Å². The Hall–Kier alpha value is -0.340. The summed E-state index contributed by atoms with van der Waals surface area (Å²) in [5, 5.41) is 8.51. The van der Waals surface area contributed by atoms with Crippen molar-refractivity contribution in [2.75, 3.05) is 13.7 Å². The molecule has 0 aromatic rings. The zero-order valence-corrected chi connectivity index (χ0v) is 7.58. The van der Waals surface area contributed by atoms with Crippen LogP contribution in [0, 0.1) is 5.92 Å². The molecule has 0 amide bonds. The van der Waals surface area contributed by atoms with E-state index in [1.807, 2.05) is 6.08 Å². The van der Waals surface area contributed by atoms with Gasteiger partial charge in [-0.25, -0.2) is 0 Å². The van der Waals surface area contributed by atoms with Gasteiger partial charge in [0.15, 0.2) is 0 Å². The van der Waals surface area contributed by atoms with Gasteiger partial charge in [-0.15, -0.1) is 0 Å². The topological polar surface area (TPSA) is 29.5 Å². The summed E-state index contributed by atoms with van der Waals surface area (Å²) in [6.07, 6.45) is 5.02. The summed E-state index contributed by atoms with van der Waals surface area (Å²) in [6, 6.07) is 0. The van der Waals surface area contributed by atoms with Crippen molar-refractivity contribution in [2.45, 2.75) is 26.4 Å². The molecule has 0 fully saturated rings. The van der Waals surface area contributed by atoms with Crippen LogP contribution < -0.4 is 0 Å². The highest BCUT2D eigenvalue weighted by Crippen LogP contribution is 2.11. The Bertz CT molecular complexity index is 106. The second-order valence-corrected chi connectivity index (χ2v) is 2.65. The molecule has 0 aliphatic carbocycles. The Morgan fingerprint density at radius 2 is 2.18 bits per heavy atom.